The molecule has 0 amide bonds. The van der Waals surface area contributed by atoms with Gasteiger partial charge in [-0.05, 0) is 37.1 Å². The largest absolute Gasteiger partial charge is 0.373 e. The van der Waals surface area contributed by atoms with Gasteiger partial charge < -0.3 is 15.5 Å². The van der Waals surface area contributed by atoms with Gasteiger partial charge in [0, 0.05) is 37.5 Å². The van der Waals surface area contributed by atoms with E-state index in [0.717, 1.165) is 47.5 Å². The lowest BCUT2D eigenvalue weighted by atomic mass is 10.1. The van der Waals surface area contributed by atoms with Crippen molar-refractivity contribution in [3.63, 3.8) is 0 Å². The monoisotopic (exact) mass is 347 g/mol. The van der Waals surface area contributed by atoms with Crippen LogP contribution in [0.5, 0.6) is 0 Å². The first-order valence-corrected chi connectivity index (χ1v) is 8.78. The Balaban J connectivity index is 1.46. The Hall–Kier alpha value is -3.22. The quantitative estimate of drug-likeness (QED) is 0.733. The van der Waals surface area contributed by atoms with Crippen molar-refractivity contribution in [2.75, 3.05) is 35.7 Å². The van der Waals surface area contributed by atoms with E-state index in [0.29, 0.717) is 0 Å². The van der Waals surface area contributed by atoms with E-state index < -0.39 is 0 Å². The van der Waals surface area contributed by atoms with E-state index in [1.54, 1.807) is 0 Å². The summed E-state index contributed by atoms with van der Waals surface area (Å²) in [5.41, 5.74) is 2.87. The molecular weight excluding hydrogens is 326 g/mol. The lowest BCUT2D eigenvalue weighted by Crippen LogP contribution is -2.19. The number of aromatic nitrogens is 4. The minimum absolute atomic E-state index is 0.742. The van der Waals surface area contributed by atoms with Crippen LogP contribution >= 0.6 is 0 Å². The van der Waals surface area contributed by atoms with Gasteiger partial charge in [0.1, 0.15) is 18.0 Å². The fourth-order valence-electron chi connectivity index (χ4n) is 3.03. The van der Waals surface area contributed by atoms with Gasteiger partial charge in [0.25, 0.3) is 0 Å². The molecule has 0 spiro atoms. The molecule has 3 aromatic rings. The maximum absolute atomic E-state index is 4.39. The minimum Gasteiger partial charge on any atom is -0.373 e. The highest BCUT2D eigenvalue weighted by molar-refractivity contribution is 5.66. The van der Waals surface area contributed by atoms with Gasteiger partial charge in [-0.1, -0.05) is 12.1 Å². The van der Waals surface area contributed by atoms with Gasteiger partial charge in [-0.25, -0.2) is 9.97 Å². The number of hydrogen-bond donors (Lipinski definition) is 2. The standard InChI is InChI=1S/C19H21N7/c1-20-17-12-18(22-13-21-17)23-15-6-4-14(5-7-15)16-8-9-19(25-24-16)26-10-2-3-11-26/h4-9,12-13H,2-3,10-11H2,1H3,(H2,20,21,22,23). The Kier molecular flexibility index (Phi) is 4.59. The molecule has 7 heteroatoms. The summed E-state index contributed by atoms with van der Waals surface area (Å²) in [5.74, 6) is 2.48. The molecule has 2 N–H and O–H groups in total. The topological polar surface area (TPSA) is 78.9 Å². The molecule has 0 radical (unpaired) electrons. The maximum atomic E-state index is 4.39. The summed E-state index contributed by atoms with van der Waals surface area (Å²) < 4.78 is 0. The van der Waals surface area contributed by atoms with E-state index in [-0.39, 0.29) is 0 Å². The Labute approximate surface area is 152 Å². The molecule has 26 heavy (non-hydrogen) atoms. The highest BCUT2D eigenvalue weighted by Gasteiger charge is 2.13. The van der Waals surface area contributed by atoms with E-state index in [1.165, 1.54) is 19.2 Å². The van der Waals surface area contributed by atoms with Crippen LogP contribution in [0.4, 0.5) is 23.1 Å². The summed E-state index contributed by atoms with van der Waals surface area (Å²) >= 11 is 0. The van der Waals surface area contributed by atoms with E-state index >= 15 is 0 Å². The van der Waals surface area contributed by atoms with Crippen LogP contribution in [0.3, 0.4) is 0 Å². The molecule has 1 aliphatic heterocycles. The highest BCUT2D eigenvalue weighted by Crippen LogP contribution is 2.23. The molecule has 4 rings (SSSR count). The van der Waals surface area contributed by atoms with Gasteiger partial charge in [0.05, 0.1) is 5.69 Å². The second-order valence-electron chi connectivity index (χ2n) is 6.21. The fourth-order valence-corrected chi connectivity index (χ4v) is 3.03. The molecule has 132 valence electrons. The summed E-state index contributed by atoms with van der Waals surface area (Å²) in [6.45, 7) is 2.15. The lowest BCUT2D eigenvalue weighted by Gasteiger charge is -2.15. The number of rotatable bonds is 5. The number of benzene rings is 1. The predicted octanol–water partition coefficient (Wildman–Crippen LogP) is 3.32. The Morgan fingerprint density at radius 1 is 0.885 bits per heavy atom. The molecule has 3 heterocycles. The minimum atomic E-state index is 0.742. The molecule has 1 saturated heterocycles. The summed E-state index contributed by atoms with van der Waals surface area (Å²) in [7, 11) is 1.83. The van der Waals surface area contributed by atoms with Gasteiger partial charge >= 0.3 is 0 Å². The van der Waals surface area contributed by atoms with Crippen LogP contribution in [0.1, 0.15) is 12.8 Å². The van der Waals surface area contributed by atoms with E-state index in [1.807, 2.05) is 43.4 Å². The maximum Gasteiger partial charge on any atom is 0.151 e. The van der Waals surface area contributed by atoms with Crippen molar-refractivity contribution in [3.8, 4) is 11.3 Å². The molecule has 0 atom stereocenters. The van der Waals surface area contributed by atoms with Gasteiger partial charge in [0.15, 0.2) is 5.82 Å². The molecular formula is C19H21N7. The molecule has 1 aliphatic rings. The second kappa shape index (κ2) is 7.35. The molecule has 1 fully saturated rings. The first-order valence-electron chi connectivity index (χ1n) is 8.78. The third-order valence-electron chi connectivity index (χ3n) is 4.46. The second-order valence-corrected chi connectivity index (χ2v) is 6.21. The number of hydrogen-bond acceptors (Lipinski definition) is 7. The van der Waals surface area contributed by atoms with Crippen molar-refractivity contribution in [2.24, 2.45) is 0 Å². The Morgan fingerprint density at radius 2 is 1.65 bits per heavy atom. The smallest absolute Gasteiger partial charge is 0.151 e. The van der Waals surface area contributed by atoms with Crippen molar-refractivity contribution in [3.05, 3.63) is 48.8 Å². The van der Waals surface area contributed by atoms with Crippen LogP contribution in [0.25, 0.3) is 11.3 Å². The average Bonchev–Trinajstić information content (AvgIpc) is 3.24. The first kappa shape index (κ1) is 16.3. The average molecular weight is 347 g/mol. The summed E-state index contributed by atoms with van der Waals surface area (Å²) in [5, 5.41) is 15.0. The Morgan fingerprint density at radius 3 is 2.35 bits per heavy atom. The van der Waals surface area contributed by atoms with Gasteiger partial charge in [0.2, 0.25) is 0 Å². The molecule has 1 aromatic carbocycles. The Bertz CT molecular complexity index is 856. The van der Waals surface area contributed by atoms with Crippen LogP contribution in [0.2, 0.25) is 0 Å². The highest BCUT2D eigenvalue weighted by atomic mass is 15.3. The zero-order valence-electron chi connectivity index (χ0n) is 14.7. The van der Waals surface area contributed by atoms with Crippen LogP contribution in [0.15, 0.2) is 48.8 Å². The predicted molar refractivity (Wildman–Crippen MR) is 104 cm³/mol. The van der Waals surface area contributed by atoms with Crippen LogP contribution in [0, 0.1) is 0 Å². The van der Waals surface area contributed by atoms with E-state index in [2.05, 4.69) is 41.8 Å². The normalized spacial score (nSPS) is 13.7. The zero-order valence-corrected chi connectivity index (χ0v) is 14.7. The number of nitrogens with zero attached hydrogens (tertiary/aromatic N) is 5. The SMILES string of the molecule is CNc1cc(Nc2ccc(-c3ccc(N4CCCC4)nn3)cc2)ncn1. The summed E-state index contributed by atoms with van der Waals surface area (Å²) in [6.07, 6.45) is 4.00. The molecule has 0 saturated carbocycles. The lowest BCUT2D eigenvalue weighted by molar-refractivity contribution is 0.896. The van der Waals surface area contributed by atoms with Crippen molar-refractivity contribution in [1.82, 2.24) is 20.2 Å². The van der Waals surface area contributed by atoms with Crippen molar-refractivity contribution >= 4 is 23.1 Å². The van der Waals surface area contributed by atoms with Crippen molar-refractivity contribution in [1.29, 1.82) is 0 Å². The first-order chi connectivity index (χ1) is 12.8. The van der Waals surface area contributed by atoms with Crippen molar-refractivity contribution in [2.45, 2.75) is 12.8 Å². The zero-order chi connectivity index (χ0) is 17.8. The molecule has 2 aromatic heterocycles. The molecule has 0 bridgehead atoms. The van der Waals surface area contributed by atoms with E-state index in [9.17, 15) is 0 Å². The number of anilines is 4. The van der Waals surface area contributed by atoms with Crippen LogP contribution < -0.4 is 15.5 Å². The van der Waals surface area contributed by atoms with Gasteiger partial charge in [-0.15, -0.1) is 10.2 Å². The number of nitrogens with one attached hydrogen (secondary N) is 2. The van der Waals surface area contributed by atoms with Crippen LogP contribution in [-0.2, 0) is 0 Å². The van der Waals surface area contributed by atoms with Gasteiger partial charge in [-0.3, -0.25) is 0 Å². The third kappa shape index (κ3) is 3.56. The summed E-state index contributed by atoms with van der Waals surface area (Å²) in [6, 6.07) is 14.0. The molecule has 0 unspecified atom stereocenters. The molecule has 7 nitrogen and oxygen atoms in total. The van der Waals surface area contributed by atoms with Crippen molar-refractivity contribution < 1.29 is 0 Å². The fraction of sp³-hybridized carbons (Fsp3) is 0.263. The summed E-state index contributed by atoms with van der Waals surface area (Å²) in [4.78, 5) is 10.6. The van der Waals surface area contributed by atoms with Crippen LogP contribution in [-0.4, -0.2) is 40.3 Å². The third-order valence-corrected chi connectivity index (χ3v) is 4.46. The van der Waals surface area contributed by atoms with Gasteiger partial charge in [-0.2, -0.15) is 0 Å². The van der Waals surface area contributed by atoms with E-state index in [4.69, 9.17) is 0 Å². The molecule has 0 aliphatic carbocycles.